The Morgan fingerprint density at radius 3 is 2.72 bits per heavy atom. The van der Waals surface area contributed by atoms with Gasteiger partial charge in [0.05, 0.1) is 11.5 Å². The Labute approximate surface area is 111 Å². The van der Waals surface area contributed by atoms with E-state index in [0.29, 0.717) is 17.2 Å². The predicted octanol–water partition coefficient (Wildman–Crippen LogP) is 0.899. The SMILES string of the molecule is CN(c1n[nH]c(=S)n1C1CC1)C1CCS(=O)(=O)C1. The van der Waals surface area contributed by atoms with Crippen LogP contribution in [0.15, 0.2) is 0 Å². The summed E-state index contributed by atoms with van der Waals surface area (Å²) in [6.07, 6.45) is 2.92. The molecule has 2 heterocycles. The van der Waals surface area contributed by atoms with Gasteiger partial charge in [-0.25, -0.2) is 13.5 Å². The fourth-order valence-corrected chi connectivity index (χ4v) is 4.50. The lowest BCUT2D eigenvalue weighted by Crippen LogP contribution is -2.34. The number of nitrogens with one attached hydrogen (secondary N) is 1. The van der Waals surface area contributed by atoms with Crippen LogP contribution in [0.5, 0.6) is 0 Å². The number of rotatable bonds is 3. The minimum Gasteiger partial charge on any atom is -0.340 e. The number of H-pyrrole nitrogens is 1. The molecule has 0 amide bonds. The van der Waals surface area contributed by atoms with E-state index in [4.69, 9.17) is 12.2 Å². The van der Waals surface area contributed by atoms with Crippen molar-refractivity contribution in [3.05, 3.63) is 4.77 Å². The normalized spacial score (nSPS) is 26.4. The largest absolute Gasteiger partial charge is 0.340 e. The standard InChI is InChI=1S/C10H16N4O2S2/c1-13(8-4-5-18(15,16)6-8)9-11-12-10(17)14(9)7-2-3-7/h7-8H,2-6H2,1H3,(H,12,17). The first-order valence-electron chi connectivity index (χ1n) is 6.08. The van der Waals surface area contributed by atoms with Crippen LogP contribution in [0.25, 0.3) is 0 Å². The van der Waals surface area contributed by atoms with E-state index >= 15 is 0 Å². The van der Waals surface area contributed by atoms with Crippen LogP contribution in [-0.2, 0) is 9.84 Å². The summed E-state index contributed by atoms with van der Waals surface area (Å²) in [5.41, 5.74) is 0. The van der Waals surface area contributed by atoms with Gasteiger partial charge < -0.3 is 4.90 Å². The molecule has 1 saturated carbocycles. The molecule has 3 rings (SSSR count). The molecule has 0 radical (unpaired) electrons. The molecule has 1 atom stereocenters. The van der Waals surface area contributed by atoms with Crippen LogP contribution in [-0.4, -0.2) is 47.8 Å². The Hall–Kier alpha value is -0.890. The minimum atomic E-state index is -2.87. The smallest absolute Gasteiger partial charge is 0.226 e. The molecule has 1 aromatic heterocycles. The summed E-state index contributed by atoms with van der Waals surface area (Å²) in [6, 6.07) is 0.449. The zero-order chi connectivity index (χ0) is 12.9. The summed E-state index contributed by atoms with van der Waals surface area (Å²) in [6.45, 7) is 0. The molecule has 0 spiro atoms. The van der Waals surface area contributed by atoms with Gasteiger partial charge in [0.25, 0.3) is 0 Å². The van der Waals surface area contributed by atoms with Gasteiger partial charge in [-0.1, -0.05) is 0 Å². The summed E-state index contributed by atoms with van der Waals surface area (Å²) < 4.78 is 25.7. The summed E-state index contributed by atoms with van der Waals surface area (Å²) in [5.74, 6) is 1.26. The number of nitrogens with zero attached hydrogens (tertiary/aromatic N) is 3. The van der Waals surface area contributed by atoms with Crippen LogP contribution in [0, 0.1) is 4.77 Å². The Kier molecular flexibility index (Phi) is 2.74. The summed E-state index contributed by atoms with van der Waals surface area (Å²) >= 11 is 5.23. The lowest BCUT2D eigenvalue weighted by molar-refractivity contribution is 0.599. The first-order chi connectivity index (χ1) is 8.48. The predicted molar refractivity (Wildman–Crippen MR) is 71.1 cm³/mol. The van der Waals surface area contributed by atoms with Crippen molar-refractivity contribution in [1.29, 1.82) is 0 Å². The molecule has 2 fully saturated rings. The molecule has 1 aliphatic carbocycles. The molecule has 1 aliphatic heterocycles. The van der Waals surface area contributed by atoms with Crippen molar-refractivity contribution in [3.8, 4) is 0 Å². The number of sulfone groups is 1. The number of anilines is 1. The quantitative estimate of drug-likeness (QED) is 0.837. The van der Waals surface area contributed by atoms with Gasteiger partial charge in [0.15, 0.2) is 14.6 Å². The highest BCUT2D eigenvalue weighted by Crippen LogP contribution is 2.38. The second-order valence-corrected chi connectivity index (χ2v) is 7.71. The molecule has 6 nitrogen and oxygen atoms in total. The molecule has 0 aromatic carbocycles. The molecule has 1 aromatic rings. The van der Waals surface area contributed by atoms with Crippen LogP contribution in [0.4, 0.5) is 5.95 Å². The number of aromatic nitrogens is 3. The summed E-state index contributed by atoms with van der Waals surface area (Å²) in [4.78, 5) is 1.95. The molecule has 0 bridgehead atoms. The molecule has 1 unspecified atom stereocenters. The van der Waals surface area contributed by atoms with Gasteiger partial charge in [-0.2, -0.15) is 0 Å². The second-order valence-electron chi connectivity index (χ2n) is 5.10. The first-order valence-corrected chi connectivity index (χ1v) is 8.31. The Balaban J connectivity index is 1.89. The van der Waals surface area contributed by atoms with E-state index in [2.05, 4.69) is 10.2 Å². The van der Waals surface area contributed by atoms with Crippen LogP contribution in [0.3, 0.4) is 0 Å². The number of hydrogen-bond donors (Lipinski definition) is 1. The highest BCUT2D eigenvalue weighted by molar-refractivity contribution is 7.91. The van der Waals surface area contributed by atoms with Crippen molar-refractivity contribution in [2.45, 2.75) is 31.3 Å². The molecule has 2 aliphatic rings. The molecule has 18 heavy (non-hydrogen) atoms. The van der Waals surface area contributed by atoms with Gasteiger partial charge in [-0.05, 0) is 31.5 Å². The van der Waals surface area contributed by atoms with E-state index in [0.717, 1.165) is 18.8 Å². The molecular weight excluding hydrogens is 272 g/mol. The number of hydrogen-bond acceptors (Lipinski definition) is 5. The average molecular weight is 288 g/mol. The van der Waals surface area contributed by atoms with Gasteiger partial charge in [0, 0.05) is 19.1 Å². The van der Waals surface area contributed by atoms with Crippen molar-refractivity contribution >= 4 is 28.0 Å². The van der Waals surface area contributed by atoms with E-state index < -0.39 is 9.84 Å². The van der Waals surface area contributed by atoms with Crippen molar-refractivity contribution in [3.63, 3.8) is 0 Å². The van der Waals surface area contributed by atoms with E-state index in [9.17, 15) is 8.42 Å². The molecule has 1 saturated heterocycles. The lowest BCUT2D eigenvalue weighted by Gasteiger charge is -2.24. The van der Waals surface area contributed by atoms with Gasteiger partial charge in [0.2, 0.25) is 5.95 Å². The third-order valence-electron chi connectivity index (χ3n) is 3.67. The van der Waals surface area contributed by atoms with Crippen LogP contribution >= 0.6 is 12.2 Å². The van der Waals surface area contributed by atoms with Crippen molar-refractivity contribution in [1.82, 2.24) is 14.8 Å². The maximum absolute atomic E-state index is 11.5. The maximum Gasteiger partial charge on any atom is 0.226 e. The van der Waals surface area contributed by atoms with Crippen LogP contribution < -0.4 is 4.90 Å². The zero-order valence-electron chi connectivity index (χ0n) is 10.2. The van der Waals surface area contributed by atoms with Crippen molar-refractivity contribution in [2.75, 3.05) is 23.5 Å². The Morgan fingerprint density at radius 2 is 2.17 bits per heavy atom. The highest BCUT2D eigenvalue weighted by Gasteiger charge is 2.35. The van der Waals surface area contributed by atoms with Gasteiger partial charge in [0.1, 0.15) is 0 Å². The van der Waals surface area contributed by atoms with Gasteiger partial charge in [-0.3, -0.25) is 4.57 Å². The number of aromatic amines is 1. The minimum absolute atomic E-state index is 0.0118. The molecule has 8 heteroatoms. The van der Waals surface area contributed by atoms with E-state index in [1.165, 1.54) is 0 Å². The summed E-state index contributed by atoms with van der Waals surface area (Å²) in [5, 5.41) is 7.05. The second kappa shape index (κ2) is 4.06. The first kappa shape index (κ1) is 12.2. The van der Waals surface area contributed by atoms with Crippen molar-refractivity contribution < 1.29 is 8.42 Å². The summed E-state index contributed by atoms with van der Waals surface area (Å²) in [7, 11) is -0.976. The fraction of sp³-hybridized carbons (Fsp3) is 0.800. The van der Waals surface area contributed by atoms with Crippen molar-refractivity contribution in [2.24, 2.45) is 0 Å². The van der Waals surface area contributed by atoms with Gasteiger partial charge in [-0.15, -0.1) is 5.10 Å². The Bertz CT molecular complexity index is 614. The fourth-order valence-electron chi connectivity index (χ4n) is 2.45. The third kappa shape index (κ3) is 2.07. The molecule has 1 N–H and O–H groups in total. The maximum atomic E-state index is 11.5. The van der Waals surface area contributed by atoms with E-state index in [1.807, 2.05) is 16.5 Å². The Morgan fingerprint density at radius 1 is 1.44 bits per heavy atom. The third-order valence-corrected chi connectivity index (χ3v) is 5.71. The lowest BCUT2D eigenvalue weighted by atomic mass is 10.2. The molecular formula is C10H16N4O2S2. The van der Waals surface area contributed by atoms with Crippen LogP contribution in [0.2, 0.25) is 0 Å². The van der Waals surface area contributed by atoms with Gasteiger partial charge >= 0.3 is 0 Å². The van der Waals surface area contributed by atoms with E-state index in [1.54, 1.807) is 0 Å². The zero-order valence-corrected chi connectivity index (χ0v) is 11.8. The molecule has 100 valence electrons. The highest BCUT2D eigenvalue weighted by atomic mass is 32.2. The topological polar surface area (TPSA) is 71.0 Å². The van der Waals surface area contributed by atoms with E-state index in [-0.39, 0.29) is 17.5 Å². The monoisotopic (exact) mass is 288 g/mol. The average Bonchev–Trinajstić information content (AvgIpc) is 2.97. The van der Waals surface area contributed by atoms with Crippen LogP contribution in [0.1, 0.15) is 25.3 Å².